The van der Waals surface area contributed by atoms with Crippen LogP contribution >= 0.6 is 27.3 Å². The summed E-state index contributed by atoms with van der Waals surface area (Å²) in [5, 5.41) is 2.00. The van der Waals surface area contributed by atoms with Gasteiger partial charge in [0, 0.05) is 21.3 Å². The summed E-state index contributed by atoms with van der Waals surface area (Å²) in [4.78, 5) is 13.4. The third-order valence-electron chi connectivity index (χ3n) is 2.77. The molecule has 0 amide bonds. The first-order valence-electron chi connectivity index (χ1n) is 5.41. The van der Waals surface area contributed by atoms with E-state index >= 15 is 0 Å². The average Bonchev–Trinajstić information content (AvgIpc) is 2.64. The van der Waals surface area contributed by atoms with Crippen molar-refractivity contribution in [3.05, 3.63) is 55.7 Å². The Morgan fingerprint density at radius 3 is 2.41 bits per heavy atom. The Bertz CT molecular complexity index is 537. The maximum absolute atomic E-state index is 12.3. The first-order chi connectivity index (χ1) is 8.09. The highest BCUT2D eigenvalue weighted by molar-refractivity contribution is 9.10. The molecule has 88 valence electrons. The minimum atomic E-state index is 0.198. The topological polar surface area (TPSA) is 17.1 Å². The van der Waals surface area contributed by atoms with Crippen molar-refractivity contribution in [2.45, 2.75) is 20.3 Å². The van der Waals surface area contributed by atoms with Crippen molar-refractivity contribution in [1.82, 2.24) is 0 Å². The third kappa shape index (κ3) is 2.67. The molecule has 2 aromatic rings. The number of hydrogen-bond acceptors (Lipinski definition) is 2. The van der Waals surface area contributed by atoms with Crippen LogP contribution < -0.4 is 0 Å². The number of halogens is 1. The van der Waals surface area contributed by atoms with E-state index in [0.29, 0.717) is 6.42 Å². The number of aryl methyl sites for hydroxylation is 2. The molecule has 17 heavy (non-hydrogen) atoms. The molecule has 0 bridgehead atoms. The Morgan fingerprint density at radius 1 is 1.24 bits per heavy atom. The fourth-order valence-electron chi connectivity index (χ4n) is 1.94. The van der Waals surface area contributed by atoms with Gasteiger partial charge in [-0.25, -0.2) is 0 Å². The number of Topliss-reactive ketones (excluding diaryl/α,β-unsaturated/α-hetero) is 1. The quantitative estimate of drug-likeness (QED) is 0.760. The molecule has 0 saturated carbocycles. The van der Waals surface area contributed by atoms with E-state index in [9.17, 15) is 4.79 Å². The maximum atomic E-state index is 12.3. The minimum absolute atomic E-state index is 0.198. The lowest BCUT2D eigenvalue weighted by Gasteiger charge is -2.07. The fourth-order valence-corrected chi connectivity index (χ4v) is 3.43. The van der Waals surface area contributed by atoms with E-state index in [1.54, 1.807) is 11.3 Å². The van der Waals surface area contributed by atoms with Crippen LogP contribution in [0.15, 0.2) is 34.1 Å². The lowest BCUT2D eigenvalue weighted by atomic mass is 9.97. The largest absolute Gasteiger partial charge is 0.294 e. The van der Waals surface area contributed by atoms with Gasteiger partial charge in [0.2, 0.25) is 0 Å². The Morgan fingerprint density at radius 2 is 1.88 bits per heavy atom. The highest BCUT2D eigenvalue weighted by atomic mass is 79.9. The van der Waals surface area contributed by atoms with E-state index < -0.39 is 0 Å². The second kappa shape index (κ2) is 5.15. The molecular weight excluding hydrogens is 296 g/mol. The molecule has 0 aliphatic heterocycles. The molecule has 0 spiro atoms. The van der Waals surface area contributed by atoms with Gasteiger partial charge < -0.3 is 0 Å². The lowest BCUT2D eigenvalue weighted by Crippen LogP contribution is -2.07. The number of hydrogen-bond donors (Lipinski definition) is 0. The zero-order chi connectivity index (χ0) is 12.4. The van der Waals surface area contributed by atoms with Gasteiger partial charge in [-0.2, -0.15) is 0 Å². The highest BCUT2D eigenvalue weighted by Gasteiger charge is 2.14. The Labute approximate surface area is 114 Å². The molecule has 0 unspecified atom stereocenters. The molecule has 0 fully saturated rings. The van der Waals surface area contributed by atoms with Crippen molar-refractivity contribution in [3.63, 3.8) is 0 Å². The van der Waals surface area contributed by atoms with Gasteiger partial charge in [0.25, 0.3) is 0 Å². The van der Waals surface area contributed by atoms with Crippen molar-refractivity contribution in [3.8, 4) is 0 Å². The monoisotopic (exact) mass is 308 g/mol. The van der Waals surface area contributed by atoms with Crippen molar-refractivity contribution < 1.29 is 4.79 Å². The molecule has 0 saturated heterocycles. The number of thiophene rings is 1. The molecule has 0 aliphatic carbocycles. The van der Waals surface area contributed by atoms with E-state index in [1.165, 1.54) is 0 Å². The zero-order valence-electron chi connectivity index (χ0n) is 9.79. The Kier molecular flexibility index (Phi) is 3.79. The van der Waals surface area contributed by atoms with Gasteiger partial charge >= 0.3 is 0 Å². The number of benzene rings is 1. The molecule has 0 radical (unpaired) electrons. The second-order valence-corrected chi connectivity index (χ2v) is 5.91. The van der Waals surface area contributed by atoms with Crippen LogP contribution in [0.25, 0.3) is 0 Å². The normalized spacial score (nSPS) is 10.5. The van der Waals surface area contributed by atoms with E-state index in [4.69, 9.17) is 0 Å². The fraction of sp³-hybridized carbons (Fsp3) is 0.214. The first-order valence-corrected chi connectivity index (χ1v) is 7.08. The van der Waals surface area contributed by atoms with E-state index in [1.807, 2.05) is 43.5 Å². The summed E-state index contributed by atoms with van der Waals surface area (Å²) < 4.78 is 1.03. The number of carbonyl (C=O) groups is 1. The molecule has 1 heterocycles. The van der Waals surface area contributed by atoms with Crippen LogP contribution in [0, 0.1) is 13.8 Å². The Hall–Kier alpha value is -0.930. The predicted molar refractivity (Wildman–Crippen MR) is 76.0 cm³/mol. The van der Waals surface area contributed by atoms with Gasteiger partial charge in [0.1, 0.15) is 0 Å². The molecule has 1 aromatic heterocycles. The summed E-state index contributed by atoms with van der Waals surface area (Å²) in [6.45, 7) is 3.98. The van der Waals surface area contributed by atoms with Crippen LogP contribution in [0.1, 0.15) is 26.4 Å². The van der Waals surface area contributed by atoms with E-state index in [-0.39, 0.29) is 5.78 Å². The summed E-state index contributed by atoms with van der Waals surface area (Å²) >= 11 is 5.08. The van der Waals surface area contributed by atoms with Crippen LogP contribution in [0.2, 0.25) is 0 Å². The van der Waals surface area contributed by atoms with Crippen LogP contribution in [-0.4, -0.2) is 5.78 Å². The number of ketones is 1. The van der Waals surface area contributed by atoms with Crippen molar-refractivity contribution in [1.29, 1.82) is 0 Å². The van der Waals surface area contributed by atoms with Crippen molar-refractivity contribution >= 4 is 33.0 Å². The molecule has 3 heteroatoms. The molecule has 2 rings (SSSR count). The lowest BCUT2D eigenvalue weighted by molar-refractivity contribution is 0.0992. The van der Waals surface area contributed by atoms with Crippen molar-refractivity contribution in [2.24, 2.45) is 0 Å². The summed E-state index contributed by atoms with van der Waals surface area (Å²) in [6.07, 6.45) is 0.476. The van der Waals surface area contributed by atoms with Gasteiger partial charge in [-0.3, -0.25) is 4.79 Å². The second-order valence-electron chi connectivity index (χ2n) is 4.06. The predicted octanol–water partition coefficient (Wildman–Crippen LogP) is 4.55. The van der Waals surface area contributed by atoms with Crippen LogP contribution in [-0.2, 0) is 6.42 Å². The van der Waals surface area contributed by atoms with Crippen molar-refractivity contribution in [2.75, 3.05) is 0 Å². The molecule has 1 aromatic carbocycles. The van der Waals surface area contributed by atoms with Gasteiger partial charge in [0.05, 0.1) is 0 Å². The summed E-state index contributed by atoms with van der Waals surface area (Å²) in [7, 11) is 0. The van der Waals surface area contributed by atoms with Crippen LogP contribution in [0.3, 0.4) is 0 Å². The summed E-state index contributed by atoms with van der Waals surface area (Å²) in [5.74, 6) is 0.198. The summed E-state index contributed by atoms with van der Waals surface area (Å²) in [5.41, 5.74) is 2.98. The highest BCUT2D eigenvalue weighted by Crippen LogP contribution is 2.25. The standard InChI is InChI=1S/C14H13BrOS/c1-9-4-3-5-10(2)14(9)12(16)8-13-11(15)6-7-17-13/h3-7H,8H2,1-2H3. The summed E-state index contributed by atoms with van der Waals surface area (Å²) in [6, 6.07) is 7.95. The molecular formula is C14H13BrOS. The smallest absolute Gasteiger partial charge is 0.168 e. The first kappa shape index (κ1) is 12.5. The number of rotatable bonds is 3. The van der Waals surface area contributed by atoms with Gasteiger partial charge in [-0.15, -0.1) is 11.3 Å². The van der Waals surface area contributed by atoms with Gasteiger partial charge in [0.15, 0.2) is 5.78 Å². The van der Waals surface area contributed by atoms with Gasteiger partial charge in [-0.05, 0) is 52.4 Å². The SMILES string of the molecule is Cc1cccc(C)c1C(=O)Cc1sccc1Br. The van der Waals surface area contributed by atoms with Crippen LogP contribution in [0.5, 0.6) is 0 Å². The van der Waals surface area contributed by atoms with E-state index in [2.05, 4.69) is 15.9 Å². The van der Waals surface area contributed by atoms with Gasteiger partial charge in [-0.1, -0.05) is 18.2 Å². The maximum Gasteiger partial charge on any atom is 0.168 e. The average molecular weight is 309 g/mol. The molecule has 0 aliphatic rings. The molecule has 0 N–H and O–H groups in total. The molecule has 0 atom stereocenters. The zero-order valence-corrected chi connectivity index (χ0v) is 12.2. The minimum Gasteiger partial charge on any atom is -0.294 e. The third-order valence-corrected chi connectivity index (χ3v) is 4.70. The van der Waals surface area contributed by atoms with E-state index in [0.717, 1.165) is 26.0 Å². The number of carbonyl (C=O) groups excluding carboxylic acids is 1. The molecule has 1 nitrogen and oxygen atoms in total. The Balaban J connectivity index is 2.30. The van der Waals surface area contributed by atoms with Crippen LogP contribution in [0.4, 0.5) is 0 Å².